The number of hydrogen-bond acceptors (Lipinski definition) is 2. The highest BCUT2D eigenvalue weighted by Crippen LogP contribution is 2.30. The van der Waals surface area contributed by atoms with Crippen LogP contribution >= 0.6 is 39.3 Å². The van der Waals surface area contributed by atoms with Gasteiger partial charge >= 0.3 is 0 Å². The van der Waals surface area contributed by atoms with E-state index in [0.29, 0.717) is 5.56 Å². The minimum absolute atomic E-state index is 0.132. The van der Waals surface area contributed by atoms with E-state index in [1.54, 1.807) is 17.8 Å². The van der Waals surface area contributed by atoms with Crippen LogP contribution in [-0.4, -0.2) is 5.91 Å². The molecular weight excluding hydrogens is 418 g/mol. The molecule has 0 aliphatic rings. The summed E-state index contributed by atoms with van der Waals surface area (Å²) in [4.78, 5) is 13.6. The maximum atomic E-state index is 12.5. The molecule has 0 aliphatic carbocycles. The molecule has 1 N–H and O–H groups in total. The zero-order valence-corrected chi connectivity index (χ0v) is 16.4. The Balaban J connectivity index is 1.73. The SMILES string of the molecule is O=C(Nc1ccccc1SCc1ccc(Cl)cc1)c1ccccc1Br. The predicted molar refractivity (Wildman–Crippen MR) is 110 cm³/mol. The van der Waals surface area contributed by atoms with Crippen molar-refractivity contribution in [2.75, 3.05) is 5.32 Å². The molecule has 3 aromatic carbocycles. The van der Waals surface area contributed by atoms with Crippen LogP contribution in [0.4, 0.5) is 5.69 Å². The van der Waals surface area contributed by atoms with Crippen molar-refractivity contribution < 1.29 is 4.79 Å². The van der Waals surface area contributed by atoms with Crippen molar-refractivity contribution in [3.8, 4) is 0 Å². The molecule has 0 radical (unpaired) electrons. The van der Waals surface area contributed by atoms with Crippen molar-refractivity contribution in [3.05, 3.63) is 93.4 Å². The fourth-order valence-corrected chi connectivity index (χ4v) is 3.83. The number of carbonyl (C=O) groups excluding carboxylic acids is 1. The van der Waals surface area contributed by atoms with Gasteiger partial charge < -0.3 is 5.32 Å². The number of hydrogen-bond donors (Lipinski definition) is 1. The molecule has 0 heterocycles. The molecule has 0 saturated carbocycles. The van der Waals surface area contributed by atoms with Crippen LogP contribution in [0, 0.1) is 0 Å². The number of rotatable bonds is 5. The normalized spacial score (nSPS) is 10.5. The highest BCUT2D eigenvalue weighted by atomic mass is 79.9. The highest BCUT2D eigenvalue weighted by molar-refractivity contribution is 9.10. The molecule has 2 nitrogen and oxygen atoms in total. The Bertz CT molecular complexity index is 883. The minimum Gasteiger partial charge on any atom is -0.321 e. The van der Waals surface area contributed by atoms with Gasteiger partial charge in [-0.25, -0.2) is 0 Å². The van der Waals surface area contributed by atoms with E-state index in [1.165, 1.54) is 5.56 Å². The lowest BCUT2D eigenvalue weighted by atomic mass is 10.2. The summed E-state index contributed by atoms with van der Waals surface area (Å²) in [5.41, 5.74) is 2.60. The molecule has 0 bridgehead atoms. The van der Waals surface area contributed by atoms with Crippen LogP contribution in [0.25, 0.3) is 0 Å². The molecule has 0 spiro atoms. The quantitative estimate of drug-likeness (QED) is 0.457. The predicted octanol–water partition coefficient (Wildman–Crippen LogP) is 6.65. The third-order valence-electron chi connectivity index (χ3n) is 3.56. The molecule has 0 atom stereocenters. The minimum atomic E-state index is -0.132. The number of halogens is 2. The van der Waals surface area contributed by atoms with Crippen molar-refractivity contribution in [1.29, 1.82) is 0 Å². The Hall–Kier alpha value is -1.75. The van der Waals surface area contributed by atoms with Gasteiger partial charge in [-0.15, -0.1) is 11.8 Å². The van der Waals surface area contributed by atoms with E-state index >= 15 is 0 Å². The molecule has 0 aromatic heterocycles. The highest BCUT2D eigenvalue weighted by Gasteiger charge is 2.12. The van der Waals surface area contributed by atoms with Gasteiger partial charge in [0.05, 0.1) is 11.3 Å². The molecule has 0 unspecified atom stereocenters. The number of benzene rings is 3. The van der Waals surface area contributed by atoms with Crippen LogP contribution in [0.2, 0.25) is 5.02 Å². The number of nitrogens with one attached hydrogen (secondary N) is 1. The number of amides is 1. The van der Waals surface area contributed by atoms with Crippen LogP contribution in [0.1, 0.15) is 15.9 Å². The van der Waals surface area contributed by atoms with E-state index in [4.69, 9.17) is 11.6 Å². The van der Waals surface area contributed by atoms with Gasteiger partial charge in [0.1, 0.15) is 0 Å². The maximum absolute atomic E-state index is 12.5. The number of carbonyl (C=O) groups is 1. The topological polar surface area (TPSA) is 29.1 Å². The monoisotopic (exact) mass is 431 g/mol. The van der Waals surface area contributed by atoms with Gasteiger partial charge in [0.25, 0.3) is 5.91 Å². The maximum Gasteiger partial charge on any atom is 0.256 e. The Morgan fingerprint density at radius 1 is 0.960 bits per heavy atom. The van der Waals surface area contributed by atoms with Gasteiger partial charge in [0.15, 0.2) is 0 Å². The lowest BCUT2D eigenvalue weighted by Crippen LogP contribution is -2.13. The van der Waals surface area contributed by atoms with Crippen molar-refractivity contribution in [2.24, 2.45) is 0 Å². The van der Waals surface area contributed by atoms with Crippen molar-refractivity contribution >= 4 is 50.9 Å². The molecule has 5 heteroatoms. The average Bonchev–Trinajstić information content (AvgIpc) is 2.62. The van der Waals surface area contributed by atoms with Gasteiger partial charge in [-0.1, -0.05) is 48.0 Å². The molecule has 0 fully saturated rings. The van der Waals surface area contributed by atoms with E-state index in [1.807, 2.05) is 66.7 Å². The lowest BCUT2D eigenvalue weighted by Gasteiger charge is -2.11. The van der Waals surface area contributed by atoms with Crippen LogP contribution in [0.3, 0.4) is 0 Å². The lowest BCUT2D eigenvalue weighted by molar-refractivity contribution is 0.102. The van der Waals surface area contributed by atoms with Crippen LogP contribution in [-0.2, 0) is 5.75 Å². The summed E-state index contributed by atoms with van der Waals surface area (Å²) in [5.74, 6) is 0.672. The van der Waals surface area contributed by atoms with E-state index < -0.39 is 0 Å². The number of thioether (sulfide) groups is 1. The second kappa shape index (κ2) is 8.56. The molecule has 25 heavy (non-hydrogen) atoms. The number of anilines is 1. The van der Waals surface area contributed by atoms with Crippen molar-refractivity contribution in [1.82, 2.24) is 0 Å². The summed E-state index contributed by atoms with van der Waals surface area (Å²) in [6.07, 6.45) is 0. The molecule has 3 aromatic rings. The second-order valence-corrected chi connectivity index (χ2v) is 7.65. The third kappa shape index (κ3) is 4.88. The summed E-state index contributed by atoms with van der Waals surface area (Å²) in [6.45, 7) is 0. The fourth-order valence-electron chi connectivity index (χ4n) is 2.27. The summed E-state index contributed by atoms with van der Waals surface area (Å²) in [5, 5.41) is 3.73. The van der Waals surface area contributed by atoms with Gasteiger partial charge in [0.2, 0.25) is 0 Å². The largest absolute Gasteiger partial charge is 0.321 e. The molecule has 1 amide bonds. The van der Waals surface area contributed by atoms with E-state index in [0.717, 1.165) is 25.8 Å². The second-order valence-electron chi connectivity index (χ2n) is 5.35. The third-order valence-corrected chi connectivity index (χ3v) is 5.65. The Labute approximate surface area is 164 Å². The summed E-state index contributed by atoms with van der Waals surface area (Å²) < 4.78 is 0.777. The standard InChI is InChI=1S/C20H15BrClNOS/c21-17-6-2-1-5-16(17)20(24)23-18-7-3-4-8-19(18)25-13-14-9-11-15(22)12-10-14/h1-12H,13H2,(H,23,24). The Kier molecular flexibility index (Phi) is 6.19. The molecule has 0 saturated heterocycles. The first-order valence-electron chi connectivity index (χ1n) is 7.65. The molecule has 3 rings (SSSR count). The van der Waals surface area contributed by atoms with Gasteiger partial charge in [0, 0.05) is 20.1 Å². The Morgan fingerprint density at radius 2 is 1.64 bits per heavy atom. The van der Waals surface area contributed by atoms with Gasteiger partial charge in [-0.2, -0.15) is 0 Å². The molecule has 126 valence electrons. The van der Waals surface area contributed by atoms with E-state index in [2.05, 4.69) is 21.2 Å². The number of para-hydroxylation sites is 1. The van der Waals surface area contributed by atoms with Gasteiger partial charge in [-0.05, 0) is 57.9 Å². The van der Waals surface area contributed by atoms with Crippen molar-refractivity contribution in [2.45, 2.75) is 10.6 Å². The zero-order chi connectivity index (χ0) is 17.6. The van der Waals surface area contributed by atoms with E-state index in [9.17, 15) is 4.79 Å². The smallest absolute Gasteiger partial charge is 0.256 e. The summed E-state index contributed by atoms with van der Waals surface area (Å²) in [6, 6.07) is 23.0. The average molecular weight is 433 g/mol. The first kappa shape index (κ1) is 18.1. The van der Waals surface area contributed by atoms with Crippen LogP contribution < -0.4 is 5.32 Å². The van der Waals surface area contributed by atoms with Gasteiger partial charge in [-0.3, -0.25) is 4.79 Å². The zero-order valence-electron chi connectivity index (χ0n) is 13.2. The van der Waals surface area contributed by atoms with Crippen LogP contribution in [0.15, 0.2) is 82.2 Å². The molecular formula is C20H15BrClNOS. The van der Waals surface area contributed by atoms with E-state index in [-0.39, 0.29) is 5.91 Å². The molecule has 0 aliphatic heterocycles. The first-order valence-corrected chi connectivity index (χ1v) is 9.81. The summed E-state index contributed by atoms with van der Waals surface area (Å²) >= 11 is 11.0. The fraction of sp³-hybridized carbons (Fsp3) is 0.0500. The van der Waals surface area contributed by atoms with Crippen molar-refractivity contribution in [3.63, 3.8) is 0 Å². The Morgan fingerprint density at radius 3 is 2.40 bits per heavy atom. The summed E-state index contributed by atoms with van der Waals surface area (Å²) in [7, 11) is 0. The van der Waals surface area contributed by atoms with Crippen LogP contribution in [0.5, 0.6) is 0 Å². The first-order chi connectivity index (χ1) is 12.1.